The largest absolute Gasteiger partial charge is 0.468 e. The number of imidazole rings is 1. The summed E-state index contributed by atoms with van der Waals surface area (Å²) in [4.78, 5) is 33.4. The lowest BCUT2D eigenvalue weighted by atomic mass is 10.1. The lowest BCUT2D eigenvalue weighted by Gasteiger charge is -2.21. The number of benzene rings is 2. The van der Waals surface area contributed by atoms with Gasteiger partial charge in [-0.2, -0.15) is 12.6 Å². The third-order valence-electron chi connectivity index (χ3n) is 6.05. The minimum Gasteiger partial charge on any atom is -0.468 e. The van der Waals surface area contributed by atoms with Gasteiger partial charge in [0.1, 0.15) is 11.6 Å². The van der Waals surface area contributed by atoms with Crippen molar-refractivity contribution in [1.82, 2.24) is 14.5 Å². The third kappa shape index (κ3) is 7.86. The molecule has 0 aliphatic rings. The zero-order valence-corrected chi connectivity index (χ0v) is 24.0. The fourth-order valence-electron chi connectivity index (χ4n) is 4.00. The van der Waals surface area contributed by atoms with Crippen molar-refractivity contribution in [3.8, 4) is 0 Å². The monoisotopic (exact) mass is 560 g/mol. The molecular weight excluding hydrogens is 524 g/mol. The quantitative estimate of drug-likeness (QED) is 0.174. The van der Waals surface area contributed by atoms with Crippen LogP contribution >= 0.6 is 12.6 Å². The lowest BCUT2D eigenvalue weighted by Crippen LogP contribution is -2.32. The molecule has 0 saturated carbocycles. The molecule has 3 N–H and O–H groups in total. The Morgan fingerprint density at radius 2 is 1.88 bits per heavy atom. The van der Waals surface area contributed by atoms with Crippen LogP contribution in [0.5, 0.6) is 0 Å². The van der Waals surface area contributed by atoms with E-state index in [4.69, 9.17) is 10.7 Å². The summed E-state index contributed by atoms with van der Waals surface area (Å²) in [6.07, 6.45) is 4.42. The van der Waals surface area contributed by atoms with Crippen molar-refractivity contribution in [2.24, 2.45) is 12.8 Å². The first kappa shape index (κ1) is 30.2. The molecule has 0 bridgehead atoms. The second-order valence-electron chi connectivity index (χ2n) is 8.76. The summed E-state index contributed by atoms with van der Waals surface area (Å²) in [6.45, 7) is 5.86. The summed E-state index contributed by atoms with van der Waals surface area (Å²) >= 11 is 4.19. The van der Waals surface area contributed by atoms with E-state index in [0.717, 1.165) is 34.5 Å². The predicted octanol–water partition coefficient (Wildman–Crippen LogP) is 5.05. The Kier molecular flexibility index (Phi) is 11.6. The Bertz CT molecular complexity index is 1420. The molecule has 40 heavy (non-hydrogen) atoms. The Morgan fingerprint density at radius 3 is 2.48 bits per heavy atom. The molecule has 0 aliphatic carbocycles. The highest BCUT2D eigenvalue weighted by Crippen LogP contribution is 2.21. The standard InChI is InChI=1S/C27H30N6OS.C3H6O2/c1-3-15-33(25-6-4-5-14-29-25)27(34)20-9-12-24-23(17-20)31-26(32(24)2)18-30-21-10-7-19(8-11-21)22(28)13-16-35;1-2-5-3-4/h4-14,17,30,35H,3,15-16,18,28H2,1-2H3;3H,2H2,1H3/b22-13-;. The number of nitrogens with zero attached hydrogens (tertiary/aromatic N) is 4. The SMILES string of the molecule is CCCN(C(=O)c1ccc2c(c1)nc(CNc1ccc(/C(N)=C/CS)cc1)n2C)c1ccccn1.CCOC=O. The molecular formula is C30H36N6O3S. The normalized spacial score (nSPS) is 10.9. The first-order valence-corrected chi connectivity index (χ1v) is 13.7. The van der Waals surface area contributed by atoms with Crippen LogP contribution in [-0.4, -0.2) is 45.8 Å². The van der Waals surface area contributed by atoms with Gasteiger partial charge in [-0.3, -0.25) is 14.5 Å². The van der Waals surface area contributed by atoms with Gasteiger partial charge in [0, 0.05) is 42.5 Å². The molecule has 1 amide bonds. The van der Waals surface area contributed by atoms with Crippen molar-refractivity contribution in [2.75, 3.05) is 29.1 Å². The van der Waals surface area contributed by atoms with Gasteiger partial charge in [0.15, 0.2) is 0 Å². The number of thiol groups is 1. The smallest absolute Gasteiger partial charge is 0.293 e. The number of carbonyl (C=O) groups excluding carboxylic acids is 2. The van der Waals surface area contributed by atoms with Crippen molar-refractivity contribution in [2.45, 2.75) is 26.8 Å². The number of amides is 1. The van der Waals surface area contributed by atoms with Gasteiger partial charge >= 0.3 is 0 Å². The average Bonchev–Trinajstić information content (AvgIpc) is 3.30. The third-order valence-corrected chi connectivity index (χ3v) is 6.24. The van der Waals surface area contributed by atoms with Crippen LogP contribution in [0.25, 0.3) is 16.7 Å². The summed E-state index contributed by atoms with van der Waals surface area (Å²) in [7, 11) is 1.98. The number of aryl methyl sites for hydroxylation is 1. The van der Waals surface area contributed by atoms with Crippen molar-refractivity contribution >= 4 is 53.2 Å². The summed E-state index contributed by atoms with van der Waals surface area (Å²) in [5.74, 6) is 2.05. The fourth-order valence-corrected chi connectivity index (χ4v) is 4.20. The van der Waals surface area contributed by atoms with E-state index in [-0.39, 0.29) is 5.91 Å². The summed E-state index contributed by atoms with van der Waals surface area (Å²) in [6, 6.07) is 19.2. The summed E-state index contributed by atoms with van der Waals surface area (Å²) < 4.78 is 6.20. The predicted molar refractivity (Wildman–Crippen MR) is 164 cm³/mol. The number of ether oxygens (including phenoxy) is 1. The van der Waals surface area contributed by atoms with Crippen LogP contribution in [0.4, 0.5) is 11.5 Å². The maximum Gasteiger partial charge on any atom is 0.293 e. The minimum atomic E-state index is -0.0795. The second kappa shape index (κ2) is 15.3. The first-order chi connectivity index (χ1) is 19.4. The van der Waals surface area contributed by atoms with Gasteiger partial charge in [-0.15, -0.1) is 0 Å². The van der Waals surface area contributed by atoms with E-state index in [0.29, 0.717) is 49.0 Å². The molecule has 0 saturated heterocycles. The van der Waals surface area contributed by atoms with E-state index in [1.807, 2.05) is 85.3 Å². The molecule has 2 aromatic heterocycles. The highest BCUT2D eigenvalue weighted by Gasteiger charge is 2.19. The Morgan fingerprint density at radius 1 is 1.12 bits per heavy atom. The van der Waals surface area contributed by atoms with Crippen LogP contribution in [0.1, 0.15) is 42.0 Å². The number of aromatic nitrogens is 3. The topological polar surface area (TPSA) is 115 Å². The zero-order chi connectivity index (χ0) is 28.9. The number of carbonyl (C=O) groups is 2. The van der Waals surface area contributed by atoms with E-state index in [1.165, 1.54) is 0 Å². The van der Waals surface area contributed by atoms with Crippen molar-refractivity contribution < 1.29 is 14.3 Å². The Balaban J connectivity index is 0.000000810. The van der Waals surface area contributed by atoms with Gasteiger partial charge in [-0.25, -0.2) is 9.97 Å². The van der Waals surface area contributed by atoms with Crippen molar-refractivity contribution in [1.29, 1.82) is 0 Å². The number of anilines is 2. The molecule has 210 valence electrons. The van der Waals surface area contributed by atoms with Gasteiger partial charge in [-0.1, -0.05) is 31.2 Å². The van der Waals surface area contributed by atoms with Crippen molar-refractivity contribution in [3.05, 3.63) is 89.9 Å². The van der Waals surface area contributed by atoms with Crippen LogP contribution in [0, 0.1) is 0 Å². The molecule has 0 radical (unpaired) electrons. The maximum absolute atomic E-state index is 13.3. The minimum absolute atomic E-state index is 0.0795. The molecule has 0 atom stereocenters. The molecule has 4 rings (SSSR count). The Labute approximate surface area is 240 Å². The van der Waals surface area contributed by atoms with E-state index >= 15 is 0 Å². The van der Waals surface area contributed by atoms with E-state index in [1.54, 1.807) is 18.0 Å². The second-order valence-corrected chi connectivity index (χ2v) is 9.12. The molecule has 0 spiro atoms. The number of fused-ring (bicyclic) bond motifs is 1. The van der Waals surface area contributed by atoms with Crippen LogP contribution in [0.3, 0.4) is 0 Å². The number of nitrogens with one attached hydrogen (secondary N) is 1. The van der Waals surface area contributed by atoms with Gasteiger partial charge in [-0.05, 0) is 61.4 Å². The van der Waals surface area contributed by atoms with Crippen molar-refractivity contribution in [3.63, 3.8) is 0 Å². The number of nitrogens with two attached hydrogens (primary N) is 1. The highest BCUT2D eigenvalue weighted by molar-refractivity contribution is 7.80. The lowest BCUT2D eigenvalue weighted by molar-refractivity contribution is -0.128. The number of hydrogen-bond acceptors (Lipinski definition) is 8. The molecule has 2 heterocycles. The summed E-state index contributed by atoms with van der Waals surface area (Å²) in [5, 5.41) is 3.41. The van der Waals surface area contributed by atoms with Gasteiger partial charge in [0.05, 0.1) is 24.2 Å². The van der Waals surface area contributed by atoms with Crippen LogP contribution < -0.4 is 16.0 Å². The number of hydrogen-bond donors (Lipinski definition) is 3. The molecule has 4 aromatic rings. The number of pyridine rings is 1. The van der Waals surface area contributed by atoms with Gasteiger partial charge in [0.25, 0.3) is 12.4 Å². The molecule has 0 fully saturated rings. The Hall–Kier alpha value is -4.31. The fraction of sp³-hybridized carbons (Fsp3) is 0.267. The molecule has 9 nitrogen and oxygen atoms in total. The molecule has 0 aliphatic heterocycles. The van der Waals surface area contributed by atoms with Crippen LogP contribution in [0.15, 0.2) is 72.9 Å². The molecule has 10 heteroatoms. The van der Waals surface area contributed by atoms with E-state index < -0.39 is 0 Å². The van der Waals surface area contributed by atoms with Crippen LogP contribution in [-0.2, 0) is 23.1 Å². The molecule has 0 unspecified atom stereocenters. The maximum atomic E-state index is 13.3. The zero-order valence-electron chi connectivity index (χ0n) is 23.1. The number of rotatable bonds is 11. The van der Waals surface area contributed by atoms with Crippen LogP contribution in [0.2, 0.25) is 0 Å². The van der Waals surface area contributed by atoms with E-state index in [9.17, 15) is 9.59 Å². The summed E-state index contributed by atoms with van der Waals surface area (Å²) in [5.41, 5.74) is 11.0. The van der Waals surface area contributed by atoms with E-state index in [2.05, 4.69) is 27.7 Å². The average molecular weight is 561 g/mol. The highest BCUT2D eigenvalue weighted by atomic mass is 32.1. The van der Waals surface area contributed by atoms with Gasteiger partial charge in [0.2, 0.25) is 0 Å². The molecule has 2 aromatic carbocycles. The van der Waals surface area contributed by atoms with Gasteiger partial charge < -0.3 is 20.4 Å². The first-order valence-electron chi connectivity index (χ1n) is 13.1.